The van der Waals surface area contributed by atoms with Gasteiger partial charge in [-0.1, -0.05) is 66.2 Å². The summed E-state index contributed by atoms with van der Waals surface area (Å²) in [6, 6.07) is 21.0. The molecule has 0 unspecified atom stereocenters. The van der Waals surface area contributed by atoms with Crippen molar-refractivity contribution in [2.45, 2.75) is 57.1 Å². The first-order valence-electron chi connectivity index (χ1n) is 15.5. The minimum Gasteiger partial charge on any atom is -0.495 e. The Kier molecular flexibility index (Phi) is 11.9. The Morgan fingerprint density at radius 2 is 1.66 bits per heavy atom. The van der Waals surface area contributed by atoms with E-state index in [1.165, 1.54) is 62.6 Å². The number of nitro groups is 1. The Hall–Kier alpha value is -5.01. The molecule has 0 saturated carbocycles. The molecule has 0 bridgehead atoms. The van der Waals surface area contributed by atoms with Gasteiger partial charge in [0, 0.05) is 40.7 Å². The molecule has 4 rings (SSSR count). The molecular weight excluding hydrogens is 687 g/mol. The number of methoxy groups -OCH3 is 1. The molecule has 50 heavy (non-hydrogen) atoms. The van der Waals surface area contributed by atoms with Gasteiger partial charge in [-0.3, -0.25) is 24.0 Å². The van der Waals surface area contributed by atoms with Crippen LogP contribution in [0.15, 0.2) is 95.9 Å². The molecular formula is C36H38ClFN4O7S. The molecule has 0 radical (unpaired) electrons. The molecule has 264 valence electrons. The van der Waals surface area contributed by atoms with Gasteiger partial charge in [-0.25, -0.2) is 12.8 Å². The van der Waals surface area contributed by atoms with Gasteiger partial charge in [-0.15, -0.1) is 0 Å². The van der Waals surface area contributed by atoms with Gasteiger partial charge in [0.15, 0.2) is 0 Å². The fraction of sp³-hybridized carbons (Fsp3) is 0.278. The van der Waals surface area contributed by atoms with Gasteiger partial charge in [0.1, 0.15) is 24.2 Å². The molecule has 0 heterocycles. The molecule has 0 aliphatic rings. The van der Waals surface area contributed by atoms with Crippen molar-refractivity contribution in [1.82, 2.24) is 10.2 Å². The Morgan fingerprint density at radius 3 is 2.28 bits per heavy atom. The lowest BCUT2D eigenvalue weighted by atomic mass is 10.0. The van der Waals surface area contributed by atoms with Gasteiger partial charge in [0.25, 0.3) is 15.7 Å². The molecule has 4 aromatic carbocycles. The Morgan fingerprint density at radius 1 is 1.00 bits per heavy atom. The van der Waals surface area contributed by atoms with Gasteiger partial charge < -0.3 is 15.0 Å². The minimum absolute atomic E-state index is 0.0142. The number of nitro benzene ring substituents is 1. The third kappa shape index (κ3) is 9.16. The standard InChI is InChI=1S/C36H38ClFN4O7S/c1-24-15-17-28(21-30(24)42(45)46)50(47,48)41(31-20-27(37)16-18-33(31)49-5)23-34(43)40(22-26-13-9-10-14-29(26)38)32(35(44)39-36(2,3)4)19-25-11-7-6-8-12-25/h6-18,20-21,32H,19,22-23H2,1-5H3,(H,39,44)/t32-/m0/s1. The third-order valence-corrected chi connectivity index (χ3v) is 9.71. The number of hydrogen-bond acceptors (Lipinski definition) is 7. The van der Waals surface area contributed by atoms with Crippen LogP contribution in [0.25, 0.3) is 0 Å². The first-order chi connectivity index (χ1) is 23.5. The number of carbonyl (C=O) groups excluding carboxylic acids is 2. The fourth-order valence-electron chi connectivity index (χ4n) is 5.26. The van der Waals surface area contributed by atoms with Crippen molar-refractivity contribution in [1.29, 1.82) is 0 Å². The molecule has 0 aliphatic heterocycles. The lowest BCUT2D eigenvalue weighted by Gasteiger charge is -2.35. The van der Waals surface area contributed by atoms with Crippen molar-refractivity contribution >= 4 is 44.8 Å². The number of aryl methyl sites for hydroxylation is 1. The largest absolute Gasteiger partial charge is 0.495 e. The van der Waals surface area contributed by atoms with Crippen LogP contribution in [0.2, 0.25) is 5.02 Å². The van der Waals surface area contributed by atoms with Crippen molar-refractivity contribution in [3.63, 3.8) is 0 Å². The summed E-state index contributed by atoms with van der Waals surface area (Å²) in [5.74, 6) is -2.02. The first kappa shape index (κ1) is 37.8. The maximum absolute atomic E-state index is 15.2. The Balaban J connectivity index is 1.91. The summed E-state index contributed by atoms with van der Waals surface area (Å²) < 4.78 is 50.2. The molecule has 0 spiro atoms. The molecule has 2 amide bonds. The van der Waals surface area contributed by atoms with Crippen molar-refractivity contribution in [2.24, 2.45) is 0 Å². The third-order valence-electron chi connectivity index (χ3n) is 7.72. The number of benzene rings is 4. The second-order valence-corrected chi connectivity index (χ2v) is 14.9. The van der Waals surface area contributed by atoms with E-state index in [1.54, 1.807) is 57.2 Å². The normalized spacial score (nSPS) is 12.1. The number of hydrogen-bond donors (Lipinski definition) is 1. The average molecular weight is 725 g/mol. The van der Waals surface area contributed by atoms with E-state index in [2.05, 4.69) is 5.32 Å². The van der Waals surface area contributed by atoms with Crippen LogP contribution >= 0.6 is 11.6 Å². The number of nitrogens with one attached hydrogen (secondary N) is 1. The summed E-state index contributed by atoms with van der Waals surface area (Å²) in [5, 5.41) is 14.8. The van der Waals surface area contributed by atoms with Crippen LogP contribution in [0.1, 0.15) is 37.5 Å². The van der Waals surface area contributed by atoms with Gasteiger partial charge in [0.05, 0.1) is 22.6 Å². The lowest BCUT2D eigenvalue weighted by Crippen LogP contribution is -2.56. The molecule has 1 atom stereocenters. The van der Waals surface area contributed by atoms with E-state index in [-0.39, 0.29) is 34.0 Å². The van der Waals surface area contributed by atoms with Crippen molar-refractivity contribution in [2.75, 3.05) is 18.0 Å². The molecule has 14 heteroatoms. The monoisotopic (exact) mass is 724 g/mol. The molecule has 0 aromatic heterocycles. The van der Waals surface area contributed by atoms with Crippen LogP contribution in [0.3, 0.4) is 0 Å². The highest BCUT2D eigenvalue weighted by Gasteiger charge is 2.37. The molecule has 0 saturated heterocycles. The van der Waals surface area contributed by atoms with Crippen LogP contribution in [-0.2, 0) is 32.6 Å². The van der Waals surface area contributed by atoms with Crippen molar-refractivity contribution in [3.8, 4) is 5.75 Å². The number of sulfonamides is 1. The highest BCUT2D eigenvalue weighted by atomic mass is 35.5. The Bertz CT molecular complexity index is 1990. The summed E-state index contributed by atoms with van der Waals surface area (Å²) in [4.78, 5) is 40.4. The van der Waals surface area contributed by atoms with Crippen LogP contribution < -0.4 is 14.4 Å². The van der Waals surface area contributed by atoms with E-state index in [1.807, 2.05) is 0 Å². The van der Waals surface area contributed by atoms with E-state index >= 15 is 4.39 Å². The molecule has 11 nitrogen and oxygen atoms in total. The summed E-state index contributed by atoms with van der Waals surface area (Å²) in [6.07, 6.45) is 0.0142. The Labute approximate surface area is 295 Å². The highest BCUT2D eigenvalue weighted by Crippen LogP contribution is 2.36. The smallest absolute Gasteiger partial charge is 0.273 e. The quantitative estimate of drug-likeness (QED) is 0.123. The summed E-state index contributed by atoms with van der Waals surface area (Å²) >= 11 is 6.31. The van der Waals surface area contributed by atoms with Crippen LogP contribution in [0.4, 0.5) is 15.8 Å². The van der Waals surface area contributed by atoms with Crippen LogP contribution in [0, 0.1) is 22.9 Å². The number of carbonyl (C=O) groups is 2. The zero-order chi connectivity index (χ0) is 36.8. The average Bonchev–Trinajstić information content (AvgIpc) is 3.05. The van der Waals surface area contributed by atoms with E-state index in [0.29, 0.717) is 5.56 Å². The SMILES string of the molecule is COc1ccc(Cl)cc1N(CC(=O)N(Cc1ccccc1F)[C@@H](Cc1ccccc1)C(=O)NC(C)(C)C)S(=O)(=O)c1ccc(C)c([N+](=O)[O-])c1. The molecule has 0 aliphatic carbocycles. The van der Waals surface area contributed by atoms with E-state index in [0.717, 1.165) is 15.3 Å². The van der Waals surface area contributed by atoms with Crippen molar-refractivity contribution in [3.05, 3.63) is 129 Å². The van der Waals surface area contributed by atoms with Gasteiger partial charge in [0.2, 0.25) is 11.8 Å². The molecule has 0 fully saturated rings. The van der Waals surface area contributed by atoms with Gasteiger partial charge in [-0.05, 0) is 63.6 Å². The predicted octanol–water partition coefficient (Wildman–Crippen LogP) is 6.45. The molecule has 4 aromatic rings. The maximum Gasteiger partial charge on any atom is 0.273 e. The van der Waals surface area contributed by atoms with E-state index in [4.69, 9.17) is 16.3 Å². The minimum atomic E-state index is -4.75. The lowest BCUT2D eigenvalue weighted by molar-refractivity contribution is -0.385. The molecule has 1 N–H and O–H groups in total. The topological polar surface area (TPSA) is 139 Å². The van der Waals surface area contributed by atoms with Gasteiger partial charge in [-0.2, -0.15) is 0 Å². The number of nitrogens with zero attached hydrogens (tertiary/aromatic N) is 3. The second-order valence-electron chi connectivity index (χ2n) is 12.6. The summed E-state index contributed by atoms with van der Waals surface area (Å²) in [7, 11) is -3.45. The number of amides is 2. The zero-order valence-corrected chi connectivity index (χ0v) is 29.8. The van der Waals surface area contributed by atoms with Crippen molar-refractivity contribution < 1.29 is 32.1 Å². The predicted molar refractivity (Wildman–Crippen MR) is 189 cm³/mol. The summed E-state index contributed by atoms with van der Waals surface area (Å²) in [6.45, 7) is 5.47. The van der Waals surface area contributed by atoms with Crippen LogP contribution in [-0.4, -0.2) is 55.3 Å². The zero-order valence-electron chi connectivity index (χ0n) is 28.2. The van der Waals surface area contributed by atoms with Crippen LogP contribution in [0.5, 0.6) is 5.75 Å². The number of anilines is 1. The first-order valence-corrected chi connectivity index (χ1v) is 17.3. The summed E-state index contributed by atoms with van der Waals surface area (Å²) in [5.41, 5.74) is -0.295. The van der Waals surface area contributed by atoms with E-state index < -0.39 is 67.8 Å². The van der Waals surface area contributed by atoms with Gasteiger partial charge >= 0.3 is 0 Å². The second kappa shape index (κ2) is 15.7. The number of halogens is 2. The highest BCUT2D eigenvalue weighted by molar-refractivity contribution is 7.92. The maximum atomic E-state index is 15.2. The number of rotatable bonds is 13. The van der Waals surface area contributed by atoms with E-state index in [9.17, 15) is 28.1 Å². The number of ether oxygens (including phenoxy) is 1. The fourth-order valence-corrected chi connectivity index (χ4v) is 6.87.